The molecule has 0 radical (unpaired) electrons. The Morgan fingerprint density at radius 2 is 1.93 bits per heavy atom. The van der Waals surface area contributed by atoms with Crippen molar-refractivity contribution in [1.82, 2.24) is 19.2 Å². The number of benzene rings is 1. The smallest absolute Gasteiger partial charge is 0.351 e. The molecule has 30 heavy (non-hydrogen) atoms. The molecule has 150 valence electrons. The number of rotatable bonds is 4. The number of thiophene rings is 1. The molecule has 1 aromatic carbocycles. The van der Waals surface area contributed by atoms with Gasteiger partial charge in [0.05, 0.1) is 11.6 Å². The number of nitrogens with zero attached hydrogens (tertiary/aromatic N) is 4. The standard InChI is InChI=1S/C23H20N4O2S/c28-23-26(13-12-15-7-2-1-3-8-15)22-19(16-9-4-5-11-18(16)30-22)21-24-20(25-27(21)23)17-10-6-14-29-17/h1-3,6-8,10,14H,4-5,9,11-13H2. The van der Waals surface area contributed by atoms with Gasteiger partial charge >= 0.3 is 5.69 Å². The molecule has 0 saturated carbocycles. The molecule has 7 heteroatoms. The fourth-order valence-corrected chi connectivity index (χ4v) is 5.78. The average Bonchev–Trinajstić information content (AvgIpc) is 3.51. The molecular weight excluding hydrogens is 396 g/mol. The van der Waals surface area contributed by atoms with E-state index in [1.165, 1.54) is 33.4 Å². The van der Waals surface area contributed by atoms with Crippen LogP contribution in [0.25, 0.3) is 27.4 Å². The molecule has 0 aliphatic heterocycles. The van der Waals surface area contributed by atoms with Crippen molar-refractivity contribution < 1.29 is 4.42 Å². The van der Waals surface area contributed by atoms with Gasteiger partial charge in [-0.2, -0.15) is 4.52 Å². The maximum atomic E-state index is 13.5. The molecule has 6 nitrogen and oxygen atoms in total. The van der Waals surface area contributed by atoms with Gasteiger partial charge in [-0.15, -0.1) is 16.4 Å². The van der Waals surface area contributed by atoms with Crippen LogP contribution in [-0.2, 0) is 25.8 Å². The van der Waals surface area contributed by atoms with E-state index >= 15 is 0 Å². The fraction of sp³-hybridized carbons (Fsp3) is 0.261. The normalized spacial score (nSPS) is 13.9. The quantitative estimate of drug-likeness (QED) is 0.433. The summed E-state index contributed by atoms with van der Waals surface area (Å²) in [4.78, 5) is 20.6. The predicted octanol–water partition coefficient (Wildman–Crippen LogP) is 4.49. The first kappa shape index (κ1) is 17.7. The van der Waals surface area contributed by atoms with E-state index in [1.54, 1.807) is 23.7 Å². The average molecular weight is 417 g/mol. The van der Waals surface area contributed by atoms with Gasteiger partial charge in [-0.25, -0.2) is 9.78 Å². The van der Waals surface area contributed by atoms with Crippen molar-refractivity contribution in [3.8, 4) is 11.6 Å². The second-order valence-corrected chi connectivity index (χ2v) is 8.79. The first-order valence-electron chi connectivity index (χ1n) is 10.3. The van der Waals surface area contributed by atoms with Gasteiger partial charge in [0.15, 0.2) is 11.4 Å². The van der Waals surface area contributed by atoms with Crippen molar-refractivity contribution in [2.24, 2.45) is 0 Å². The molecule has 0 bridgehead atoms. The topological polar surface area (TPSA) is 65.3 Å². The molecule has 0 unspecified atom stereocenters. The first-order valence-corrected chi connectivity index (χ1v) is 11.1. The van der Waals surface area contributed by atoms with Crippen LogP contribution in [0.5, 0.6) is 0 Å². The lowest BCUT2D eigenvalue weighted by Gasteiger charge is -2.11. The summed E-state index contributed by atoms with van der Waals surface area (Å²) in [6.07, 6.45) is 6.88. The third kappa shape index (κ3) is 2.73. The Labute approximate surface area is 176 Å². The van der Waals surface area contributed by atoms with E-state index in [0.29, 0.717) is 23.8 Å². The number of hydrogen-bond donors (Lipinski definition) is 0. The highest BCUT2D eigenvalue weighted by atomic mass is 32.1. The Kier molecular flexibility index (Phi) is 4.09. The molecule has 4 heterocycles. The molecule has 5 aromatic rings. The van der Waals surface area contributed by atoms with Crippen LogP contribution in [0, 0.1) is 0 Å². The van der Waals surface area contributed by atoms with Crippen molar-refractivity contribution in [3.05, 3.63) is 75.2 Å². The summed E-state index contributed by atoms with van der Waals surface area (Å²) in [6.45, 7) is 0.616. The van der Waals surface area contributed by atoms with Crippen LogP contribution < -0.4 is 5.69 Å². The fourth-order valence-electron chi connectivity index (χ4n) is 4.37. The van der Waals surface area contributed by atoms with Crippen molar-refractivity contribution in [2.45, 2.75) is 38.6 Å². The Morgan fingerprint density at radius 1 is 1.07 bits per heavy atom. The van der Waals surface area contributed by atoms with Gasteiger partial charge in [0, 0.05) is 11.4 Å². The molecule has 0 amide bonds. The molecule has 0 N–H and O–H groups in total. The zero-order valence-corrected chi connectivity index (χ0v) is 17.2. The second kappa shape index (κ2) is 6.95. The van der Waals surface area contributed by atoms with Gasteiger partial charge in [0.25, 0.3) is 0 Å². The summed E-state index contributed by atoms with van der Waals surface area (Å²) < 4.78 is 8.84. The van der Waals surface area contributed by atoms with Crippen molar-refractivity contribution in [3.63, 3.8) is 0 Å². The van der Waals surface area contributed by atoms with E-state index in [9.17, 15) is 4.79 Å². The minimum atomic E-state index is -0.141. The zero-order chi connectivity index (χ0) is 20.1. The summed E-state index contributed by atoms with van der Waals surface area (Å²) >= 11 is 1.76. The number of hydrogen-bond acceptors (Lipinski definition) is 5. The van der Waals surface area contributed by atoms with Crippen LogP contribution in [0.15, 0.2) is 57.9 Å². The Morgan fingerprint density at radius 3 is 2.77 bits per heavy atom. The van der Waals surface area contributed by atoms with Crippen LogP contribution in [0.2, 0.25) is 0 Å². The Balaban J connectivity index is 1.59. The summed E-state index contributed by atoms with van der Waals surface area (Å²) in [6, 6.07) is 13.9. The van der Waals surface area contributed by atoms with Crippen molar-refractivity contribution in [2.75, 3.05) is 0 Å². The molecule has 0 spiro atoms. The minimum Gasteiger partial charge on any atom is -0.461 e. The monoisotopic (exact) mass is 416 g/mol. The van der Waals surface area contributed by atoms with E-state index in [0.717, 1.165) is 29.5 Å². The van der Waals surface area contributed by atoms with Crippen molar-refractivity contribution in [1.29, 1.82) is 0 Å². The molecule has 6 rings (SSSR count). The van der Waals surface area contributed by atoms with Gasteiger partial charge in [-0.1, -0.05) is 30.3 Å². The lowest BCUT2D eigenvalue weighted by Crippen LogP contribution is -2.28. The largest absolute Gasteiger partial charge is 0.461 e. The highest BCUT2D eigenvalue weighted by molar-refractivity contribution is 7.19. The maximum Gasteiger partial charge on any atom is 0.351 e. The molecule has 1 aliphatic carbocycles. The SMILES string of the molecule is O=c1n(CCc2ccccc2)c2sc3c(c2c2nc(-c4ccco4)nn12)CCCC3. The molecule has 1 aliphatic rings. The zero-order valence-electron chi connectivity index (χ0n) is 16.4. The van der Waals surface area contributed by atoms with E-state index in [4.69, 9.17) is 9.40 Å². The molecular formula is C23H20N4O2S. The number of furan rings is 1. The van der Waals surface area contributed by atoms with Gasteiger partial charge in [0.2, 0.25) is 5.82 Å². The molecule has 4 aromatic heterocycles. The van der Waals surface area contributed by atoms with Gasteiger partial charge in [0.1, 0.15) is 4.83 Å². The van der Waals surface area contributed by atoms with Crippen LogP contribution >= 0.6 is 11.3 Å². The molecule has 0 saturated heterocycles. The summed E-state index contributed by atoms with van der Waals surface area (Å²) in [5, 5.41) is 5.62. The van der Waals surface area contributed by atoms with Crippen molar-refractivity contribution >= 4 is 27.2 Å². The van der Waals surface area contributed by atoms with Crippen LogP contribution in [-0.4, -0.2) is 19.2 Å². The third-order valence-electron chi connectivity index (χ3n) is 5.85. The Bertz CT molecular complexity index is 1410. The lowest BCUT2D eigenvalue weighted by molar-refractivity contribution is 0.576. The summed E-state index contributed by atoms with van der Waals surface area (Å²) in [5.41, 5.74) is 3.07. The molecule has 0 fully saturated rings. The predicted molar refractivity (Wildman–Crippen MR) is 117 cm³/mol. The van der Waals surface area contributed by atoms with E-state index < -0.39 is 0 Å². The van der Waals surface area contributed by atoms with Gasteiger partial charge < -0.3 is 4.42 Å². The second-order valence-electron chi connectivity index (χ2n) is 7.71. The third-order valence-corrected chi connectivity index (χ3v) is 7.16. The number of aryl methyl sites for hydroxylation is 4. The first-order chi connectivity index (χ1) is 14.8. The van der Waals surface area contributed by atoms with Gasteiger partial charge in [-0.05, 0) is 55.4 Å². The number of aromatic nitrogens is 4. The number of fused-ring (bicyclic) bond motifs is 5. The van der Waals surface area contributed by atoms with Crippen LogP contribution in [0.1, 0.15) is 28.8 Å². The summed E-state index contributed by atoms with van der Waals surface area (Å²) in [7, 11) is 0. The molecule has 0 atom stereocenters. The van der Waals surface area contributed by atoms with E-state index in [-0.39, 0.29) is 5.69 Å². The van der Waals surface area contributed by atoms with Crippen LogP contribution in [0.4, 0.5) is 0 Å². The highest BCUT2D eigenvalue weighted by Gasteiger charge is 2.24. The highest BCUT2D eigenvalue weighted by Crippen LogP contribution is 2.38. The van der Waals surface area contributed by atoms with Gasteiger partial charge in [-0.3, -0.25) is 4.57 Å². The summed E-state index contributed by atoms with van der Waals surface area (Å²) in [5.74, 6) is 1.03. The minimum absolute atomic E-state index is 0.141. The lowest BCUT2D eigenvalue weighted by atomic mass is 9.97. The van der Waals surface area contributed by atoms with E-state index in [2.05, 4.69) is 17.2 Å². The van der Waals surface area contributed by atoms with Crippen LogP contribution in [0.3, 0.4) is 0 Å². The van der Waals surface area contributed by atoms with E-state index in [1.807, 2.05) is 28.8 Å². The maximum absolute atomic E-state index is 13.5. The Hall–Kier alpha value is -3.19.